The van der Waals surface area contributed by atoms with E-state index in [2.05, 4.69) is 0 Å². The van der Waals surface area contributed by atoms with E-state index in [4.69, 9.17) is 4.42 Å². The number of hydrogen-bond donors (Lipinski definition) is 0. The van der Waals surface area contributed by atoms with E-state index >= 15 is 0 Å². The van der Waals surface area contributed by atoms with Gasteiger partial charge in [-0.3, -0.25) is 4.79 Å². The van der Waals surface area contributed by atoms with Crippen LogP contribution < -0.4 is 0 Å². The van der Waals surface area contributed by atoms with Crippen LogP contribution in [0, 0.1) is 0 Å². The highest BCUT2D eigenvalue weighted by Gasteiger charge is 2.31. The fourth-order valence-electron chi connectivity index (χ4n) is 2.26. The van der Waals surface area contributed by atoms with Crippen molar-refractivity contribution in [2.24, 2.45) is 0 Å². The van der Waals surface area contributed by atoms with E-state index in [0.717, 1.165) is 4.31 Å². The molecule has 0 saturated heterocycles. The normalized spacial score (nSPS) is 11.2. The summed E-state index contributed by atoms with van der Waals surface area (Å²) in [5.74, 6) is -0.724. The van der Waals surface area contributed by atoms with E-state index in [-0.39, 0.29) is 17.2 Å². The molecule has 3 aromatic rings. The molecule has 0 spiro atoms. The minimum absolute atomic E-state index is 0.0227. The van der Waals surface area contributed by atoms with Crippen LogP contribution in [-0.2, 0) is 16.6 Å². The van der Waals surface area contributed by atoms with Gasteiger partial charge in [-0.2, -0.15) is 0 Å². The molecule has 24 heavy (non-hydrogen) atoms. The monoisotopic (exact) mass is 341 g/mol. The first-order chi connectivity index (χ1) is 11.6. The van der Waals surface area contributed by atoms with Gasteiger partial charge in [-0.05, 0) is 29.8 Å². The summed E-state index contributed by atoms with van der Waals surface area (Å²) in [5.41, 5.74) is 0.705. The van der Waals surface area contributed by atoms with Gasteiger partial charge in [-0.25, -0.2) is 12.7 Å². The van der Waals surface area contributed by atoms with Crippen LogP contribution in [0.5, 0.6) is 0 Å². The summed E-state index contributed by atoms with van der Waals surface area (Å²) in [6, 6.07) is 19.8. The SMILES string of the molecule is O=C(c1ccco1)N(Cc1ccccc1)S(=O)(=O)c1ccccc1. The van der Waals surface area contributed by atoms with Crippen molar-refractivity contribution >= 4 is 15.9 Å². The van der Waals surface area contributed by atoms with Crippen molar-refractivity contribution in [2.75, 3.05) is 0 Å². The molecule has 0 fully saturated rings. The summed E-state index contributed by atoms with van der Waals surface area (Å²) in [4.78, 5) is 12.7. The van der Waals surface area contributed by atoms with Crippen LogP contribution in [0.25, 0.3) is 0 Å². The zero-order valence-corrected chi connectivity index (χ0v) is 13.5. The lowest BCUT2D eigenvalue weighted by atomic mass is 10.2. The van der Waals surface area contributed by atoms with Gasteiger partial charge < -0.3 is 4.42 Å². The van der Waals surface area contributed by atoms with E-state index in [1.54, 1.807) is 48.5 Å². The first-order valence-corrected chi connectivity index (χ1v) is 8.72. The Hall–Kier alpha value is -2.86. The molecule has 0 unspecified atom stereocenters. The smallest absolute Gasteiger partial charge is 0.303 e. The van der Waals surface area contributed by atoms with E-state index in [1.165, 1.54) is 24.5 Å². The Balaban J connectivity index is 2.03. The molecule has 0 aliphatic carbocycles. The summed E-state index contributed by atoms with van der Waals surface area (Å²) in [6.07, 6.45) is 1.34. The maximum absolute atomic E-state index is 12.9. The van der Waals surface area contributed by atoms with Gasteiger partial charge in [0.2, 0.25) is 0 Å². The topological polar surface area (TPSA) is 67.6 Å². The maximum Gasteiger partial charge on any atom is 0.303 e. The van der Waals surface area contributed by atoms with Crippen molar-refractivity contribution in [3.8, 4) is 0 Å². The fraction of sp³-hybridized carbons (Fsp3) is 0.0556. The number of sulfonamides is 1. The van der Waals surface area contributed by atoms with Crippen LogP contribution in [0.1, 0.15) is 16.1 Å². The summed E-state index contributed by atoms with van der Waals surface area (Å²) in [7, 11) is -4.00. The highest BCUT2D eigenvalue weighted by atomic mass is 32.2. The van der Waals surface area contributed by atoms with E-state index in [1.807, 2.05) is 6.07 Å². The predicted octanol–water partition coefficient (Wildman–Crippen LogP) is 3.31. The molecule has 5 nitrogen and oxygen atoms in total. The van der Waals surface area contributed by atoms with Crippen LogP contribution in [0.15, 0.2) is 88.4 Å². The molecule has 0 atom stereocenters. The van der Waals surface area contributed by atoms with Gasteiger partial charge in [0.05, 0.1) is 17.7 Å². The molecule has 6 heteroatoms. The first kappa shape index (κ1) is 16.0. The lowest BCUT2D eigenvalue weighted by Crippen LogP contribution is -2.36. The van der Waals surface area contributed by atoms with Gasteiger partial charge in [-0.15, -0.1) is 0 Å². The van der Waals surface area contributed by atoms with Gasteiger partial charge in [0, 0.05) is 0 Å². The number of furan rings is 1. The number of hydrogen-bond acceptors (Lipinski definition) is 4. The molecule has 0 saturated carbocycles. The molecule has 1 heterocycles. The third-order valence-electron chi connectivity index (χ3n) is 3.46. The van der Waals surface area contributed by atoms with Crippen molar-refractivity contribution in [1.82, 2.24) is 4.31 Å². The second-order valence-electron chi connectivity index (χ2n) is 5.09. The minimum atomic E-state index is -4.00. The highest BCUT2D eigenvalue weighted by molar-refractivity contribution is 7.89. The van der Waals surface area contributed by atoms with Crippen molar-refractivity contribution in [3.63, 3.8) is 0 Å². The number of carbonyl (C=O) groups is 1. The molecule has 0 bridgehead atoms. The minimum Gasteiger partial charge on any atom is -0.459 e. The Labute approximate surface area is 140 Å². The number of benzene rings is 2. The predicted molar refractivity (Wildman–Crippen MR) is 88.7 cm³/mol. The number of carbonyl (C=O) groups excluding carboxylic acids is 1. The lowest BCUT2D eigenvalue weighted by Gasteiger charge is -2.21. The summed E-state index contributed by atoms with van der Waals surface area (Å²) >= 11 is 0. The molecule has 0 aliphatic heterocycles. The molecule has 0 radical (unpaired) electrons. The molecule has 0 aliphatic rings. The maximum atomic E-state index is 12.9. The Morgan fingerprint density at radius 3 is 2.08 bits per heavy atom. The third kappa shape index (κ3) is 3.23. The van der Waals surface area contributed by atoms with Crippen molar-refractivity contribution in [2.45, 2.75) is 11.4 Å². The molecular weight excluding hydrogens is 326 g/mol. The van der Waals surface area contributed by atoms with Gasteiger partial charge in [-0.1, -0.05) is 48.5 Å². The fourth-order valence-corrected chi connectivity index (χ4v) is 3.64. The van der Waals surface area contributed by atoms with Crippen LogP contribution >= 0.6 is 0 Å². The average Bonchev–Trinajstić information content (AvgIpc) is 3.15. The first-order valence-electron chi connectivity index (χ1n) is 7.28. The zero-order valence-electron chi connectivity index (χ0n) is 12.7. The Morgan fingerprint density at radius 1 is 0.875 bits per heavy atom. The molecule has 122 valence electrons. The lowest BCUT2D eigenvalue weighted by molar-refractivity contribution is 0.0824. The van der Waals surface area contributed by atoms with E-state index < -0.39 is 15.9 Å². The Bertz CT molecular complexity index is 904. The second-order valence-corrected chi connectivity index (χ2v) is 6.96. The standard InChI is InChI=1S/C18H15NO4S/c20-18(17-12-7-13-23-17)19(14-15-8-3-1-4-9-15)24(21,22)16-10-5-2-6-11-16/h1-13H,14H2. The van der Waals surface area contributed by atoms with Crippen LogP contribution in [0.3, 0.4) is 0 Å². The van der Waals surface area contributed by atoms with Crippen molar-refractivity contribution in [3.05, 3.63) is 90.4 Å². The van der Waals surface area contributed by atoms with E-state index in [0.29, 0.717) is 5.56 Å². The Kier molecular flexibility index (Phi) is 4.48. The average molecular weight is 341 g/mol. The van der Waals surface area contributed by atoms with Crippen LogP contribution in [0.4, 0.5) is 0 Å². The zero-order chi connectivity index (χ0) is 17.0. The third-order valence-corrected chi connectivity index (χ3v) is 5.20. The molecule has 2 aromatic carbocycles. The van der Waals surface area contributed by atoms with E-state index in [9.17, 15) is 13.2 Å². The molecule has 1 amide bonds. The molecular formula is C18H15NO4S. The summed E-state index contributed by atoms with van der Waals surface area (Å²) in [5, 5.41) is 0. The highest BCUT2D eigenvalue weighted by Crippen LogP contribution is 2.21. The largest absolute Gasteiger partial charge is 0.459 e. The molecule has 0 N–H and O–H groups in total. The summed E-state index contributed by atoms with van der Waals surface area (Å²) < 4.78 is 31.8. The van der Waals surface area contributed by atoms with Crippen molar-refractivity contribution < 1.29 is 17.6 Å². The van der Waals surface area contributed by atoms with Gasteiger partial charge >= 0.3 is 5.91 Å². The van der Waals surface area contributed by atoms with Crippen LogP contribution in [-0.4, -0.2) is 18.6 Å². The van der Waals surface area contributed by atoms with Crippen LogP contribution in [0.2, 0.25) is 0 Å². The van der Waals surface area contributed by atoms with Gasteiger partial charge in [0.25, 0.3) is 10.0 Å². The van der Waals surface area contributed by atoms with Gasteiger partial charge in [0.1, 0.15) is 0 Å². The van der Waals surface area contributed by atoms with Gasteiger partial charge in [0.15, 0.2) is 5.76 Å². The second kappa shape index (κ2) is 6.72. The number of amides is 1. The molecule has 3 rings (SSSR count). The number of rotatable bonds is 5. The quantitative estimate of drug-likeness (QED) is 0.714. The molecule has 1 aromatic heterocycles. The van der Waals surface area contributed by atoms with Crippen molar-refractivity contribution in [1.29, 1.82) is 0 Å². The number of nitrogens with zero attached hydrogens (tertiary/aromatic N) is 1. The Morgan fingerprint density at radius 2 is 1.50 bits per heavy atom. The summed E-state index contributed by atoms with van der Waals surface area (Å²) in [6.45, 7) is -0.0718.